The third kappa shape index (κ3) is 1.29. The molecule has 5 N–H and O–H groups in total. The molecule has 0 atom stereocenters. The Morgan fingerprint density at radius 2 is 2.17 bits per heavy atom. The standard InChI is InChI=1S/C7H9N3O2/c1-3-2-4(6(9)11)5(8)7(12)10-3/h2H,8H2,1H3,(H2,9,11)(H,10,12). The molecule has 0 aliphatic heterocycles. The SMILES string of the molecule is Cc1cc(C(N)=O)c(N)c(=O)[nH]1. The van der Waals surface area contributed by atoms with Crippen LogP contribution in [-0.4, -0.2) is 10.9 Å². The van der Waals surface area contributed by atoms with Gasteiger partial charge in [0.15, 0.2) is 0 Å². The molecule has 0 fully saturated rings. The maximum atomic E-state index is 11.0. The Bertz CT molecular complexity index is 381. The normalized spacial score (nSPS) is 9.75. The van der Waals surface area contributed by atoms with Gasteiger partial charge in [-0.1, -0.05) is 0 Å². The molecule has 5 heteroatoms. The van der Waals surface area contributed by atoms with Gasteiger partial charge in [0.25, 0.3) is 11.5 Å². The molecule has 1 amide bonds. The van der Waals surface area contributed by atoms with Crippen LogP contribution < -0.4 is 17.0 Å². The first-order valence-electron chi connectivity index (χ1n) is 3.31. The number of hydrogen-bond acceptors (Lipinski definition) is 3. The van der Waals surface area contributed by atoms with Crippen LogP contribution in [0.15, 0.2) is 10.9 Å². The molecule has 0 bridgehead atoms. The number of hydrogen-bond donors (Lipinski definition) is 3. The molecule has 0 saturated carbocycles. The largest absolute Gasteiger partial charge is 0.394 e. The fourth-order valence-electron chi connectivity index (χ4n) is 0.903. The summed E-state index contributed by atoms with van der Waals surface area (Å²) in [6.45, 7) is 1.65. The number of primary amides is 1. The van der Waals surface area contributed by atoms with Crippen LogP contribution in [0.5, 0.6) is 0 Å². The first-order chi connectivity index (χ1) is 5.52. The topological polar surface area (TPSA) is 102 Å². The molecule has 64 valence electrons. The van der Waals surface area contributed by atoms with Gasteiger partial charge in [0.05, 0.1) is 5.56 Å². The summed E-state index contributed by atoms with van der Waals surface area (Å²) in [5.41, 5.74) is 10.3. The molecule has 1 aromatic rings. The van der Waals surface area contributed by atoms with Crippen molar-refractivity contribution in [2.45, 2.75) is 6.92 Å². The van der Waals surface area contributed by atoms with Crippen LogP contribution in [0.3, 0.4) is 0 Å². The molecular weight excluding hydrogens is 158 g/mol. The van der Waals surface area contributed by atoms with E-state index in [1.54, 1.807) is 6.92 Å². The quantitative estimate of drug-likeness (QED) is 0.518. The Morgan fingerprint density at radius 1 is 1.58 bits per heavy atom. The molecule has 0 unspecified atom stereocenters. The number of H-pyrrole nitrogens is 1. The summed E-state index contributed by atoms with van der Waals surface area (Å²) in [6.07, 6.45) is 0. The first kappa shape index (κ1) is 8.32. The number of anilines is 1. The van der Waals surface area contributed by atoms with Gasteiger partial charge in [0.1, 0.15) is 5.69 Å². The van der Waals surface area contributed by atoms with Crippen molar-refractivity contribution < 1.29 is 4.79 Å². The van der Waals surface area contributed by atoms with Crippen LogP contribution >= 0.6 is 0 Å². The summed E-state index contributed by atoms with van der Waals surface area (Å²) >= 11 is 0. The van der Waals surface area contributed by atoms with Gasteiger partial charge < -0.3 is 16.5 Å². The molecule has 0 radical (unpaired) electrons. The number of aromatic nitrogens is 1. The molecule has 0 aliphatic carbocycles. The highest BCUT2D eigenvalue weighted by Gasteiger charge is 2.08. The summed E-state index contributed by atoms with van der Waals surface area (Å²) < 4.78 is 0. The summed E-state index contributed by atoms with van der Waals surface area (Å²) in [6, 6.07) is 1.44. The molecule has 0 aliphatic rings. The monoisotopic (exact) mass is 167 g/mol. The molecule has 1 heterocycles. The molecule has 12 heavy (non-hydrogen) atoms. The number of pyridine rings is 1. The van der Waals surface area contributed by atoms with E-state index < -0.39 is 11.5 Å². The van der Waals surface area contributed by atoms with Gasteiger partial charge >= 0.3 is 0 Å². The first-order valence-corrected chi connectivity index (χ1v) is 3.31. The van der Waals surface area contributed by atoms with E-state index in [1.165, 1.54) is 6.07 Å². The second-order valence-electron chi connectivity index (χ2n) is 2.47. The van der Waals surface area contributed by atoms with E-state index in [9.17, 15) is 9.59 Å². The van der Waals surface area contributed by atoms with Crippen molar-refractivity contribution in [3.8, 4) is 0 Å². The van der Waals surface area contributed by atoms with Crippen molar-refractivity contribution in [2.75, 3.05) is 5.73 Å². The minimum absolute atomic E-state index is 0.0660. The van der Waals surface area contributed by atoms with Gasteiger partial charge in [-0.3, -0.25) is 9.59 Å². The fraction of sp³-hybridized carbons (Fsp3) is 0.143. The lowest BCUT2D eigenvalue weighted by Crippen LogP contribution is -2.21. The molecule has 0 aromatic carbocycles. The fourth-order valence-corrected chi connectivity index (χ4v) is 0.903. The third-order valence-corrected chi connectivity index (χ3v) is 1.47. The van der Waals surface area contributed by atoms with E-state index in [0.29, 0.717) is 5.69 Å². The highest BCUT2D eigenvalue weighted by Crippen LogP contribution is 2.04. The lowest BCUT2D eigenvalue weighted by atomic mass is 10.2. The van der Waals surface area contributed by atoms with Gasteiger partial charge in [-0.2, -0.15) is 0 Å². The number of amides is 1. The maximum Gasteiger partial charge on any atom is 0.272 e. The lowest BCUT2D eigenvalue weighted by Gasteiger charge is -2.00. The second-order valence-corrected chi connectivity index (χ2v) is 2.47. The average Bonchev–Trinajstić information content (AvgIpc) is 1.96. The van der Waals surface area contributed by atoms with E-state index in [0.717, 1.165) is 0 Å². The Hall–Kier alpha value is -1.78. The van der Waals surface area contributed by atoms with Gasteiger partial charge in [0, 0.05) is 5.69 Å². The predicted molar refractivity (Wildman–Crippen MR) is 44.7 cm³/mol. The summed E-state index contributed by atoms with van der Waals surface area (Å²) in [5, 5.41) is 0. The van der Waals surface area contributed by atoms with E-state index in [2.05, 4.69) is 4.98 Å². The van der Waals surface area contributed by atoms with Crippen LogP contribution in [0.25, 0.3) is 0 Å². The summed E-state index contributed by atoms with van der Waals surface area (Å²) in [4.78, 5) is 24.1. The van der Waals surface area contributed by atoms with E-state index in [4.69, 9.17) is 11.5 Å². The van der Waals surface area contributed by atoms with Crippen molar-refractivity contribution in [1.82, 2.24) is 4.98 Å². The van der Waals surface area contributed by atoms with E-state index in [-0.39, 0.29) is 11.3 Å². The van der Waals surface area contributed by atoms with Crippen LogP contribution in [-0.2, 0) is 0 Å². The Balaban J connectivity index is 3.48. The Kier molecular flexibility index (Phi) is 1.86. The van der Waals surface area contributed by atoms with Crippen molar-refractivity contribution in [2.24, 2.45) is 5.73 Å². The van der Waals surface area contributed by atoms with Gasteiger partial charge in [0.2, 0.25) is 0 Å². The zero-order valence-electron chi connectivity index (χ0n) is 6.55. The number of nitrogen functional groups attached to an aromatic ring is 1. The molecule has 1 aromatic heterocycles. The molecule has 0 saturated heterocycles. The van der Waals surface area contributed by atoms with E-state index >= 15 is 0 Å². The molecule has 0 spiro atoms. The number of aromatic amines is 1. The van der Waals surface area contributed by atoms with Crippen LogP contribution in [0.4, 0.5) is 5.69 Å². The number of rotatable bonds is 1. The van der Waals surface area contributed by atoms with Crippen molar-refractivity contribution >= 4 is 11.6 Å². The Labute approximate surface area is 68.4 Å². The van der Waals surface area contributed by atoms with Crippen LogP contribution in [0.1, 0.15) is 16.1 Å². The molecule has 1 rings (SSSR count). The lowest BCUT2D eigenvalue weighted by molar-refractivity contribution is 0.100. The maximum absolute atomic E-state index is 11.0. The molecule has 5 nitrogen and oxygen atoms in total. The number of carbonyl (C=O) groups excluding carboxylic acids is 1. The minimum atomic E-state index is -0.693. The average molecular weight is 167 g/mol. The van der Waals surface area contributed by atoms with Crippen molar-refractivity contribution in [1.29, 1.82) is 0 Å². The van der Waals surface area contributed by atoms with Crippen LogP contribution in [0, 0.1) is 6.92 Å². The summed E-state index contributed by atoms with van der Waals surface area (Å²) in [5.74, 6) is -0.693. The number of nitrogens with two attached hydrogens (primary N) is 2. The predicted octanol–water partition coefficient (Wildman–Crippen LogP) is -0.636. The zero-order valence-corrected chi connectivity index (χ0v) is 6.55. The second kappa shape index (κ2) is 2.69. The third-order valence-electron chi connectivity index (χ3n) is 1.47. The number of aryl methyl sites for hydroxylation is 1. The zero-order chi connectivity index (χ0) is 9.30. The Morgan fingerprint density at radius 3 is 2.67 bits per heavy atom. The minimum Gasteiger partial charge on any atom is -0.394 e. The van der Waals surface area contributed by atoms with Gasteiger partial charge in [-0.15, -0.1) is 0 Å². The van der Waals surface area contributed by atoms with E-state index in [1.807, 2.05) is 0 Å². The highest BCUT2D eigenvalue weighted by atomic mass is 16.1. The van der Waals surface area contributed by atoms with Gasteiger partial charge in [-0.25, -0.2) is 0 Å². The van der Waals surface area contributed by atoms with Crippen molar-refractivity contribution in [3.05, 3.63) is 27.7 Å². The smallest absolute Gasteiger partial charge is 0.272 e. The van der Waals surface area contributed by atoms with Gasteiger partial charge in [-0.05, 0) is 13.0 Å². The van der Waals surface area contributed by atoms with Crippen molar-refractivity contribution in [3.63, 3.8) is 0 Å². The number of carbonyl (C=O) groups is 1. The molecular formula is C7H9N3O2. The summed E-state index contributed by atoms with van der Waals surface area (Å²) in [7, 11) is 0. The number of nitrogens with one attached hydrogen (secondary N) is 1. The highest BCUT2D eigenvalue weighted by molar-refractivity contribution is 5.97. The van der Waals surface area contributed by atoms with Crippen LogP contribution in [0.2, 0.25) is 0 Å².